The maximum Gasteiger partial charge on any atom is 0.243 e. The van der Waals surface area contributed by atoms with Gasteiger partial charge >= 0.3 is 0 Å². The normalized spacial score (nSPS) is 20.5. The summed E-state index contributed by atoms with van der Waals surface area (Å²) in [4.78, 5) is 4.72. The van der Waals surface area contributed by atoms with Crippen molar-refractivity contribution in [2.24, 2.45) is 0 Å². The molecule has 1 aromatic carbocycles. The number of rotatable bonds is 3. The Morgan fingerprint density at radius 2 is 2.05 bits per heavy atom. The Bertz CT molecular complexity index is 694. The van der Waals surface area contributed by atoms with E-state index in [4.69, 9.17) is 0 Å². The Morgan fingerprint density at radius 1 is 1.29 bits per heavy atom. The van der Waals surface area contributed by atoms with Crippen LogP contribution in [0.25, 0.3) is 0 Å². The first kappa shape index (κ1) is 14.7. The number of hydrogen-bond donors (Lipinski definition) is 0. The third-order valence-corrected chi connectivity index (χ3v) is 6.66. The monoisotopic (exact) mass is 322 g/mol. The minimum absolute atomic E-state index is 0.221. The molecule has 1 aromatic heterocycles. The summed E-state index contributed by atoms with van der Waals surface area (Å²) in [5.74, 6) is 0.221. The van der Waals surface area contributed by atoms with Gasteiger partial charge in [0.2, 0.25) is 10.0 Å². The van der Waals surface area contributed by atoms with Gasteiger partial charge in [-0.3, -0.25) is 0 Å². The van der Waals surface area contributed by atoms with Gasteiger partial charge in [-0.15, -0.1) is 11.3 Å². The van der Waals surface area contributed by atoms with Crippen LogP contribution < -0.4 is 0 Å². The van der Waals surface area contributed by atoms with Gasteiger partial charge in [0.1, 0.15) is 0 Å². The first-order valence-electron chi connectivity index (χ1n) is 7.03. The average molecular weight is 322 g/mol. The molecule has 0 N–H and O–H groups in total. The second-order valence-electron chi connectivity index (χ2n) is 5.39. The third kappa shape index (κ3) is 3.02. The molecule has 1 aliphatic heterocycles. The van der Waals surface area contributed by atoms with Gasteiger partial charge in [-0.05, 0) is 31.9 Å². The molecular weight excluding hydrogens is 304 g/mol. The van der Waals surface area contributed by atoms with Gasteiger partial charge in [0.15, 0.2) is 0 Å². The molecule has 1 saturated heterocycles. The molecule has 112 valence electrons. The van der Waals surface area contributed by atoms with Crippen molar-refractivity contribution in [3.63, 3.8) is 0 Å². The van der Waals surface area contributed by atoms with Crippen LogP contribution in [0.4, 0.5) is 0 Å². The predicted octanol–water partition coefficient (Wildman–Crippen LogP) is 3.02. The number of aryl methyl sites for hydroxylation is 1. The standard InChI is InChI=1S/C15H18N2O2S2/c1-12-4-6-14(7-5-12)21(18,19)17-9-2-3-13(11-17)15-16-8-10-20-15/h4-8,10,13H,2-3,9,11H2,1H3. The Hall–Kier alpha value is -1.24. The van der Waals surface area contributed by atoms with E-state index in [0.717, 1.165) is 23.4 Å². The van der Waals surface area contributed by atoms with Crippen molar-refractivity contribution in [3.05, 3.63) is 46.4 Å². The number of aromatic nitrogens is 1. The van der Waals surface area contributed by atoms with Crippen LogP contribution in [0.5, 0.6) is 0 Å². The van der Waals surface area contributed by atoms with Crippen molar-refractivity contribution in [2.75, 3.05) is 13.1 Å². The number of benzene rings is 1. The minimum atomic E-state index is -3.39. The van der Waals surface area contributed by atoms with E-state index in [1.807, 2.05) is 24.4 Å². The highest BCUT2D eigenvalue weighted by Gasteiger charge is 2.31. The Morgan fingerprint density at radius 3 is 2.71 bits per heavy atom. The fourth-order valence-corrected chi connectivity index (χ4v) is 4.95. The van der Waals surface area contributed by atoms with Crippen LogP contribution in [-0.2, 0) is 10.0 Å². The molecule has 3 rings (SSSR count). The van der Waals surface area contributed by atoms with Crippen LogP contribution >= 0.6 is 11.3 Å². The topological polar surface area (TPSA) is 50.3 Å². The van der Waals surface area contributed by atoms with E-state index in [-0.39, 0.29) is 5.92 Å². The van der Waals surface area contributed by atoms with Crippen LogP contribution in [0.3, 0.4) is 0 Å². The lowest BCUT2D eigenvalue weighted by Crippen LogP contribution is -2.39. The summed E-state index contributed by atoms with van der Waals surface area (Å²) in [6.07, 6.45) is 3.68. The van der Waals surface area contributed by atoms with Crippen LogP contribution in [0.1, 0.15) is 29.3 Å². The van der Waals surface area contributed by atoms with Crippen molar-refractivity contribution in [2.45, 2.75) is 30.6 Å². The Labute approximate surface area is 129 Å². The van der Waals surface area contributed by atoms with Crippen LogP contribution in [0.15, 0.2) is 40.7 Å². The number of sulfonamides is 1. The minimum Gasteiger partial charge on any atom is -0.249 e. The zero-order chi connectivity index (χ0) is 14.9. The van der Waals surface area contributed by atoms with E-state index < -0.39 is 10.0 Å². The largest absolute Gasteiger partial charge is 0.249 e. The van der Waals surface area contributed by atoms with E-state index in [2.05, 4.69) is 4.98 Å². The van der Waals surface area contributed by atoms with Gasteiger partial charge in [-0.2, -0.15) is 4.31 Å². The molecule has 21 heavy (non-hydrogen) atoms. The van der Waals surface area contributed by atoms with Crippen molar-refractivity contribution < 1.29 is 8.42 Å². The maximum absolute atomic E-state index is 12.7. The second kappa shape index (κ2) is 5.87. The molecule has 0 aliphatic carbocycles. The number of nitrogens with zero attached hydrogens (tertiary/aromatic N) is 2. The number of hydrogen-bond acceptors (Lipinski definition) is 4. The van der Waals surface area contributed by atoms with Crippen LogP contribution in [-0.4, -0.2) is 30.8 Å². The van der Waals surface area contributed by atoms with Crippen LogP contribution in [0, 0.1) is 6.92 Å². The smallest absolute Gasteiger partial charge is 0.243 e. The molecule has 4 nitrogen and oxygen atoms in total. The highest BCUT2D eigenvalue weighted by molar-refractivity contribution is 7.89. The summed E-state index contributed by atoms with van der Waals surface area (Å²) >= 11 is 1.61. The summed E-state index contributed by atoms with van der Waals surface area (Å²) in [6.45, 7) is 3.08. The average Bonchev–Trinajstić information content (AvgIpc) is 3.02. The van der Waals surface area contributed by atoms with Crippen molar-refractivity contribution in [1.82, 2.24) is 9.29 Å². The zero-order valence-corrected chi connectivity index (χ0v) is 13.5. The quantitative estimate of drug-likeness (QED) is 0.873. The van der Waals surface area contributed by atoms with E-state index in [1.54, 1.807) is 34.0 Å². The molecule has 6 heteroatoms. The third-order valence-electron chi connectivity index (χ3n) is 3.84. The molecule has 0 saturated carbocycles. The van der Waals surface area contributed by atoms with E-state index in [9.17, 15) is 8.42 Å². The van der Waals surface area contributed by atoms with Crippen LogP contribution in [0.2, 0.25) is 0 Å². The molecule has 0 amide bonds. The number of piperidine rings is 1. The Kier molecular flexibility index (Phi) is 4.10. The predicted molar refractivity (Wildman–Crippen MR) is 84.0 cm³/mol. The molecule has 2 heterocycles. The molecule has 1 aliphatic rings. The summed E-state index contributed by atoms with van der Waals surface area (Å²) in [6, 6.07) is 7.07. The van der Waals surface area contributed by atoms with Crippen molar-refractivity contribution in [1.29, 1.82) is 0 Å². The van der Waals surface area contributed by atoms with Crippen molar-refractivity contribution in [3.8, 4) is 0 Å². The van der Waals surface area contributed by atoms with Gasteiger partial charge < -0.3 is 0 Å². The summed E-state index contributed by atoms with van der Waals surface area (Å²) in [5, 5.41) is 2.99. The SMILES string of the molecule is Cc1ccc(S(=O)(=O)N2CCCC(c3nccs3)C2)cc1. The molecule has 0 spiro atoms. The molecule has 0 bridgehead atoms. The first-order valence-corrected chi connectivity index (χ1v) is 9.35. The summed E-state index contributed by atoms with van der Waals surface area (Å²) in [5.41, 5.74) is 1.06. The molecule has 1 fully saturated rings. The number of thiazole rings is 1. The summed E-state index contributed by atoms with van der Waals surface area (Å²) < 4.78 is 27.0. The molecular formula is C15H18N2O2S2. The second-order valence-corrected chi connectivity index (χ2v) is 8.25. The fourth-order valence-electron chi connectivity index (χ4n) is 2.66. The molecule has 1 atom stereocenters. The molecule has 0 radical (unpaired) electrons. The zero-order valence-electron chi connectivity index (χ0n) is 11.9. The molecule has 1 unspecified atom stereocenters. The van der Waals surface area contributed by atoms with Gasteiger partial charge in [0.05, 0.1) is 9.90 Å². The first-order chi connectivity index (χ1) is 10.1. The van der Waals surface area contributed by atoms with E-state index in [0.29, 0.717) is 18.0 Å². The van der Waals surface area contributed by atoms with Gasteiger partial charge in [0.25, 0.3) is 0 Å². The summed E-state index contributed by atoms with van der Waals surface area (Å²) in [7, 11) is -3.39. The highest BCUT2D eigenvalue weighted by atomic mass is 32.2. The fraction of sp³-hybridized carbons (Fsp3) is 0.400. The Balaban J connectivity index is 1.83. The maximum atomic E-state index is 12.7. The lowest BCUT2D eigenvalue weighted by atomic mass is 10.0. The van der Waals surface area contributed by atoms with E-state index >= 15 is 0 Å². The van der Waals surface area contributed by atoms with Gasteiger partial charge in [-0.1, -0.05) is 17.7 Å². The highest BCUT2D eigenvalue weighted by Crippen LogP contribution is 2.31. The van der Waals surface area contributed by atoms with Gasteiger partial charge in [-0.25, -0.2) is 13.4 Å². The molecule has 2 aromatic rings. The van der Waals surface area contributed by atoms with E-state index in [1.165, 1.54) is 0 Å². The lowest BCUT2D eigenvalue weighted by Gasteiger charge is -2.31. The van der Waals surface area contributed by atoms with Gasteiger partial charge in [0, 0.05) is 30.6 Å². The van der Waals surface area contributed by atoms with Crippen molar-refractivity contribution >= 4 is 21.4 Å². The lowest BCUT2D eigenvalue weighted by molar-refractivity contribution is 0.315.